The molecule has 0 unspecified atom stereocenters. The molecule has 0 N–H and O–H groups in total. The minimum atomic E-state index is -0.408. The van der Waals surface area contributed by atoms with Crippen LogP contribution in [0.25, 0.3) is 6.08 Å². The molecule has 0 amide bonds. The van der Waals surface area contributed by atoms with E-state index in [-0.39, 0.29) is 5.69 Å². The van der Waals surface area contributed by atoms with Crippen LogP contribution in [-0.2, 0) is 0 Å². The highest BCUT2D eigenvalue weighted by Crippen LogP contribution is 2.15. The van der Waals surface area contributed by atoms with Crippen LogP contribution in [-0.4, -0.2) is 24.0 Å². The standard InChI is InChI=1S/C11H9N3O2/c15-14(16)11-3-1-2-9(5-11)4-10-6-12-8-13-7-10/h1-6,8H,7H2. The molecule has 1 aliphatic heterocycles. The number of nitro groups is 1. The molecule has 0 atom stereocenters. The van der Waals surface area contributed by atoms with E-state index >= 15 is 0 Å². The van der Waals surface area contributed by atoms with E-state index < -0.39 is 4.92 Å². The molecular weight excluding hydrogens is 206 g/mol. The molecule has 1 aliphatic rings. The minimum absolute atomic E-state index is 0.0885. The van der Waals surface area contributed by atoms with Crippen molar-refractivity contribution in [2.45, 2.75) is 0 Å². The summed E-state index contributed by atoms with van der Waals surface area (Å²) < 4.78 is 0. The van der Waals surface area contributed by atoms with Crippen molar-refractivity contribution in [3.63, 3.8) is 0 Å². The number of nitro benzene ring substituents is 1. The fourth-order valence-corrected chi connectivity index (χ4v) is 1.39. The largest absolute Gasteiger partial charge is 0.270 e. The highest BCUT2D eigenvalue weighted by molar-refractivity contribution is 5.92. The Hall–Kier alpha value is -2.30. The van der Waals surface area contributed by atoms with Crippen molar-refractivity contribution in [1.29, 1.82) is 0 Å². The van der Waals surface area contributed by atoms with Gasteiger partial charge in [0.2, 0.25) is 0 Å². The lowest BCUT2D eigenvalue weighted by Gasteiger charge is -2.01. The summed E-state index contributed by atoms with van der Waals surface area (Å²) in [6, 6.07) is 6.47. The van der Waals surface area contributed by atoms with Crippen molar-refractivity contribution in [1.82, 2.24) is 0 Å². The van der Waals surface area contributed by atoms with Gasteiger partial charge in [-0.1, -0.05) is 12.1 Å². The molecule has 0 bridgehead atoms. The van der Waals surface area contributed by atoms with E-state index in [1.54, 1.807) is 12.3 Å². The van der Waals surface area contributed by atoms with E-state index in [4.69, 9.17) is 0 Å². The molecule has 0 spiro atoms. The van der Waals surface area contributed by atoms with Crippen LogP contribution in [0.4, 0.5) is 5.69 Å². The first-order valence-corrected chi connectivity index (χ1v) is 4.72. The molecule has 16 heavy (non-hydrogen) atoms. The Morgan fingerprint density at radius 2 is 2.31 bits per heavy atom. The van der Waals surface area contributed by atoms with E-state index in [1.165, 1.54) is 18.5 Å². The average molecular weight is 215 g/mol. The summed E-state index contributed by atoms with van der Waals surface area (Å²) in [5, 5.41) is 10.6. The lowest BCUT2D eigenvalue weighted by molar-refractivity contribution is -0.384. The summed E-state index contributed by atoms with van der Waals surface area (Å²) in [6.07, 6.45) is 5.03. The number of hydrogen-bond acceptors (Lipinski definition) is 4. The van der Waals surface area contributed by atoms with Gasteiger partial charge in [-0.25, -0.2) is 4.99 Å². The minimum Gasteiger partial charge on any atom is -0.269 e. The van der Waals surface area contributed by atoms with Gasteiger partial charge in [0.25, 0.3) is 5.69 Å². The van der Waals surface area contributed by atoms with Gasteiger partial charge in [0.05, 0.1) is 11.5 Å². The fraction of sp³-hybridized carbons (Fsp3) is 0.0909. The Morgan fingerprint density at radius 3 is 3.00 bits per heavy atom. The maximum absolute atomic E-state index is 10.6. The van der Waals surface area contributed by atoms with Crippen LogP contribution in [0.1, 0.15) is 5.56 Å². The third-order valence-electron chi connectivity index (χ3n) is 2.10. The van der Waals surface area contributed by atoms with Crippen LogP contribution in [0.3, 0.4) is 0 Å². The first-order chi connectivity index (χ1) is 7.75. The van der Waals surface area contributed by atoms with Crippen LogP contribution >= 0.6 is 0 Å². The Morgan fingerprint density at radius 1 is 1.44 bits per heavy atom. The quantitative estimate of drug-likeness (QED) is 0.560. The highest BCUT2D eigenvalue weighted by Gasteiger charge is 2.04. The number of nitrogens with zero attached hydrogens (tertiary/aromatic N) is 3. The van der Waals surface area contributed by atoms with Gasteiger partial charge < -0.3 is 0 Å². The van der Waals surface area contributed by atoms with E-state index in [9.17, 15) is 10.1 Å². The highest BCUT2D eigenvalue weighted by atomic mass is 16.6. The first kappa shape index (κ1) is 10.2. The molecule has 1 aromatic carbocycles. The number of rotatable bonds is 2. The molecule has 2 rings (SSSR count). The Bertz CT molecular complexity index is 504. The van der Waals surface area contributed by atoms with Gasteiger partial charge in [-0.2, -0.15) is 0 Å². The number of benzene rings is 1. The van der Waals surface area contributed by atoms with Crippen LogP contribution in [0.15, 0.2) is 39.8 Å². The predicted molar refractivity (Wildman–Crippen MR) is 62.9 cm³/mol. The molecule has 0 aromatic heterocycles. The fourth-order valence-electron chi connectivity index (χ4n) is 1.39. The maximum atomic E-state index is 10.6. The van der Waals surface area contributed by atoms with Gasteiger partial charge in [-0.05, 0) is 17.2 Å². The van der Waals surface area contributed by atoms with Crippen LogP contribution < -0.4 is 0 Å². The average Bonchev–Trinajstić information content (AvgIpc) is 2.30. The Kier molecular flexibility index (Phi) is 2.86. The third-order valence-corrected chi connectivity index (χ3v) is 2.10. The number of non-ortho nitro benzene ring substituents is 1. The summed E-state index contributed by atoms with van der Waals surface area (Å²) in [6.45, 7) is 0.562. The van der Waals surface area contributed by atoms with Gasteiger partial charge in [-0.3, -0.25) is 15.1 Å². The lowest BCUT2D eigenvalue weighted by Crippen LogP contribution is -1.96. The van der Waals surface area contributed by atoms with Gasteiger partial charge in [-0.15, -0.1) is 0 Å². The first-order valence-electron chi connectivity index (χ1n) is 4.72. The molecule has 5 nitrogen and oxygen atoms in total. The normalized spacial score (nSPS) is 16.6. The van der Waals surface area contributed by atoms with Crippen molar-refractivity contribution in [3.05, 3.63) is 45.5 Å². The summed E-state index contributed by atoms with van der Waals surface area (Å²) in [7, 11) is 0. The van der Waals surface area contributed by atoms with Crippen LogP contribution in [0.2, 0.25) is 0 Å². The van der Waals surface area contributed by atoms with Gasteiger partial charge in [0.15, 0.2) is 0 Å². The molecule has 5 heteroatoms. The van der Waals surface area contributed by atoms with E-state index in [1.807, 2.05) is 12.1 Å². The Balaban J connectivity index is 2.27. The molecule has 80 valence electrons. The second kappa shape index (κ2) is 4.48. The van der Waals surface area contributed by atoms with Gasteiger partial charge in [0, 0.05) is 18.3 Å². The van der Waals surface area contributed by atoms with E-state index in [2.05, 4.69) is 9.98 Å². The summed E-state index contributed by atoms with van der Waals surface area (Å²) >= 11 is 0. The summed E-state index contributed by atoms with van der Waals surface area (Å²) in [5.41, 5.74) is 1.81. The number of aliphatic imine (C=N–C) groups is 2. The molecule has 0 aliphatic carbocycles. The molecule has 1 aromatic rings. The van der Waals surface area contributed by atoms with Crippen molar-refractivity contribution in [2.75, 3.05) is 6.54 Å². The van der Waals surface area contributed by atoms with E-state index in [0.29, 0.717) is 6.54 Å². The van der Waals surface area contributed by atoms with Crippen molar-refractivity contribution < 1.29 is 4.92 Å². The van der Waals surface area contributed by atoms with Crippen molar-refractivity contribution in [3.8, 4) is 0 Å². The van der Waals surface area contributed by atoms with Gasteiger partial charge in [0.1, 0.15) is 6.34 Å². The van der Waals surface area contributed by atoms with Crippen molar-refractivity contribution >= 4 is 24.3 Å². The molecule has 1 heterocycles. The summed E-state index contributed by atoms with van der Waals surface area (Å²) in [5.74, 6) is 0. The predicted octanol–water partition coefficient (Wildman–Crippen LogP) is 2.09. The molecule has 0 radical (unpaired) electrons. The summed E-state index contributed by atoms with van der Waals surface area (Å²) in [4.78, 5) is 18.1. The lowest BCUT2D eigenvalue weighted by atomic mass is 10.1. The molecule has 0 saturated carbocycles. The molecular formula is C11H9N3O2. The topological polar surface area (TPSA) is 67.9 Å². The molecule has 0 fully saturated rings. The smallest absolute Gasteiger partial charge is 0.269 e. The second-order valence-electron chi connectivity index (χ2n) is 3.31. The van der Waals surface area contributed by atoms with Gasteiger partial charge >= 0.3 is 0 Å². The third kappa shape index (κ3) is 2.38. The zero-order chi connectivity index (χ0) is 11.4. The SMILES string of the molecule is O=[N+]([O-])c1cccc(C=C2C=NC=NC2)c1. The van der Waals surface area contributed by atoms with E-state index in [0.717, 1.165) is 11.1 Å². The number of hydrogen-bond donors (Lipinski definition) is 0. The zero-order valence-electron chi connectivity index (χ0n) is 8.41. The molecule has 0 saturated heterocycles. The zero-order valence-corrected chi connectivity index (χ0v) is 8.41. The second-order valence-corrected chi connectivity index (χ2v) is 3.31. The van der Waals surface area contributed by atoms with Crippen LogP contribution in [0, 0.1) is 10.1 Å². The van der Waals surface area contributed by atoms with Crippen LogP contribution in [0.5, 0.6) is 0 Å². The monoisotopic (exact) mass is 215 g/mol. The maximum Gasteiger partial charge on any atom is 0.270 e. The van der Waals surface area contributed by atoms with Crippen molar-refractivity contribution in [2.24, 2.45) is 9.98 Å². The Labute approximate surface area is 92.0 Å².